The monoisotopic (exact) mass is 239 g/mol. The summed E-state index contributed by atoms with van der Waals surface area (Å²) in [6.45, 7) is 3.34. The van der Waals surface area contributed by atoms with E-state index in [1.165, 1.54) is 20.4 Å². The van der Waals surface area contributed by atoms with Crippen molar-refractivity contribution < 1.29 is 19.4 Å². The van der Waals surface area contributed by atoms with Crippen molar-refractivity contribution in [1.29, 1.82) is 0 Å². The molecule has 0 aromatic carbocycles. The lowest BCUT2D eigenvalue weighted by atomic mass is 9.86. The average Bonchev–Trinajstić information content (AvgIpc) is 2.28. The highest BCUT2D eigenvalue weighted by Gasteiger charge is 2.29. The fourth-order valence-electron chi connectivity index (χ4n) is 1.45. The van der Waals surface area contributed by atoms with Gasteiger partial charge in [0, 0.05) is 11.6 Å². The third-order valence-electron chi connectivity index (χ3n) is 2.56. The first-order valence-corrected chi connectivity index (χ1v) is 5.21. The molecule has 0 saturated carbocycles. The Morgan fingerprint density at radius 2 is 2.06 bits per heavy atom. The minimum Gasteiger partial charge on any atom is -0.495 e. The van der Waals surface area contributed by atoms with Gasteiger partial charge in [0.2, 0.25) is 5.88 Å². The van der Waals surface area contributed by atoms with Gasteiger partial charge in [-0.1, -0.05) is 0 Å². The van der Waals surface area contributed by atoms with Gasteiger partial charge >= 0.3 is 5.97 Å². The number of rotatable bonds is 5. The van der Waals surface area contributed by atoms with Gasteiger partial charge in [-0.15, -0.1) is 0 Å². The van der Waals surface area contributed by atoms with Crippen LogP contribution in [0.2, 0.25) is 0 Å². The molecule has 1 heterocycles. The Labute approximate surface area is 100 Å². The van der Waals surface area contributed by atoms with Gasteiger partial charge in [0.1, 0.15) is 5.75 Å². The van der Waals surface area contributed by atoms with Gasteiger partial charge in [-0.2, -0.15) is 0 Å². The third kappa shape index (κ3) is 3.09. The molecule has 0 unspecified atom stereocenters. The van der Waals surface area contributed by atoms with E-state index < -0.39 is 11.4 Å². The van der Waals surface area contributed by atoms with Crippen LogP contribution in [0.4, 0.5) is 0 Å². The van der Waals surface area contributed by atoms with E-state index in [4.69, 9.17) is 14.6 Å². The molecule has 17 heavy (non-hydrogen) atoms. The fourth-order valence-corrected chi connectivity index (χ4v) is 1.45. The van der Waals surface area contributed by atoms with Crippen molar-refractivity contribution in [3.63, 3.8) is 0 Å². The number of pyridine rings is 1. The molecule has 0 saturated heterocycles. The van der Waals surface area contributed by atoms with Crippen LogP contribution in [0.1, 0.15) is 19.4 Å². The van der Waals surface area contributed by atoms with E-state index in [0.717, 1.165) is 5.56 Å². The molecule has 0 aliphatic heterocycles. The molecule has 1 N–H and O–H groups in total. The standard InChI is InChI=1S/C12H17NO4/c1-12(2,11(14)15)6-8-5-10(17-4)13-7-9(8)16-3/h5,7H,6H2,1-4H3,(H,14,15). The van der Waals surface area contributed by atoms with Gasteiger partial charge in [0.25, 0.3) is 0 Å². The van der Waals surface area contributed by atoms with Crippen molar-refractivity contribution in [2.45, 2.75) is 20.3 Å². The normalized spacial score (nSPS) is 11.1. The van der Waals surface area contributed by atoms with E-state index in [2.05, 4.69) is 4.98 Å². The number of carbonyl (C=O) groups is 1. The summed E-state index contributed by atoms with van der Waals surface area (Å²) in [6.07, 6.45) is 1.89. The maximum absolute atomic E-state index is 11.1. The van der Waals surface area contributed by atoms with Crippen molar-refractivity contribution >= 4 is 5.97 Å². The molecule has 1 aromatic heterocycles. The molecule has 1 rings (SSSR count). The zero-order valence-electron chi connectivity index (χ0n) is 10.5. The van der Waals surface area contributed by atoms with Gasteiger partial charge < -0.3 is 14.6 Å². The van der Waals surface area contributed by atoms with Crippen molar-refractivity contribution in [2.24, 2.45) is 5.41 Å². The first-order valence-electron chi connectivity index (χ1n) is 5.21. The van der Waals surface area contributed by atoms with Crippen molar-refractivity contribution in [1.82, 2.24) is 4.98 Å². The predicted molar refractivity (Wildman–Crippen MR) is 62.5 cm³/mol. The molecule has 0 atom stereocenters. The van der Waals surface area contributed by atoms with Gasteiger partial charge in [-0.05, 0) is 20.3 Å². The number of ether oxygens (including phenoxy) is 2. The lowest BCUT2D eigenvalue weighted by Crippen LogP contribution is -2.26. The Kier molecular flexibility index (Phi) is 3.93. The number of aromatic nitrogens is 1. The molecule has 0 radical (unpaired) electrons. The summed E-state index contributed by atoms with van der Waals surface area (Å²) >= 11 is 0. The van der Waals surface area contributed by atoms with Crippen LogP contribution in [0.15, 0.2) is 12.3 Å². The highest BCUT2D eigenvalue weighted by atomic mass is 16.5. The SMILES string of the molecule is COc1cc(CC(C)(C)C(=O)O)c(OC)cn1. The number of aliphatic carboxylic acids is 1. The second-order valence-corrected chi connectivity index (χ2v) is 4.40. The predicted octanol–water partition coefficient (Wildman–Crippen LogP) is 1.75. The van der Waals surface area contributed by atoms with Gasteiger partial charge in [0.15, 0.2) is 0 Å². The summed E-state index contributed by atoms with van der Waals surface area (Å²) in [7, 11) is 3.04. The first-order chi connectivity index (χ1) is 7.90. The summed E-state index contributed by atoms with van der Waals surface area (Å²) in [5, 5.41) is 9.10. The third-order valence-corrected chi connectivity index (χ3v) is 2.56. The first kappa shape index (κ1) is 13.3. The molecule has 0 spiro atoms. The molecule has 5 heteroatoms. The minimum atomic E-state index is -0.861. The number of methoxy groups -OCH3 is 2. The number of hydrogen-bond acceptors (Lipinski definition) is 4. The van der Waals surface area contributed by atoms with Crippen LogP contribution in [0, 0.1) is 5.41 Å². The maximum atomic E-state index is 11.1. The van der Waals surface area contributed by atoms with Gasteiger partial charge in [-0.3, -0.25) is 4.79 Å². The average molecular weight is 239 g/mol. The Balaban J connectivity index is 3.07. The van der Waals surface area contributed by atoms with Crippen molar-refractivity contribution in [2.75, 3.05) is 14.2 Å². The van der Waals surface area contributed by atoms with E-state index in [1.807, 2.05) is 0 Å². The summed E-state index contributed by atoms with van der Waals surface area (Å²) in [4.78, 5) is 15.1. The minimum absolute atomic E-state index is 0.352. The number of carboxylic acid groups (broad SMARTS) is 1. The maximum Gasteiger partial charge on any atom is 0.309 e. The molecule has 0 aliphatic rings. The van der Waals surface area contributed by atoms with Crippen LogP contribution in [-0.2, 0) is 11.2 Å². The largest absolute Gasteiger partial charge is 0.495 e. The van der Waals surface area contributed by atoms with E-state index in [9.17, 15) is 4.79 Å². The van der Waals surface area contributed by atoms with Crippen molar-refractivity contribution in [3.8, 4) is 11.6 Å². The number of carboxylic acids is 1. The van der Waals surface area contributed by atoms with Crippen LogP contribution in [0.3, 0.4) is 0 Å². The number of hydrogen-bond donors (Lipinski definition) is 1. The highest BCUT2D eigenvalue weighted by Crippen LogP contribution is 2.29. The zero-order valence-corrected chi connectivity index (χ0v) is 10.5. The second-order valence-electron chi connectivity index (χ2n) is 4.40. The van der Waals surface area contributed by atoms with E-state index in [0.29, 0.717) is 18.1 Å². The fraction of sp³-hybridized carbons (Fsp3) is 0.500. The quantitative estimate of drug-likeness (QED) is 0.847. The van der Waals surface area contributed by atoms with Gasteiger partial charge in [-0.25, -0.2) is 4.98 Å². The summed E-state index contributed by atoms with van der Waals surface area (Å²) in [5.74, 6) is 0.164. The lowest BCUT2D eigenvalue weighted by Gasteiger charge is -2.20. The van der Waals surface area contributed by atoms with E-state index in [-0.39, 0.29) is 0 Å². The van der Waals surface area contributed by atoms with E-state index in [1.54, 1.807) is 19.9 Å². The Bertz CT molecular complexity index is 415. The molecule has 0 bridgehead atoms. The van der Waals surface area contributed by atoms with Crippen LogP contribution in [-0.4, -0.2) is 30.3 Å². The molecular weight excluding hydrogens is 222 g/mol. The van der Waals surface area contributed by atoms with Crippen molar-refractivity contribution in [3.05, 3.63) is 17.8 Å². The molecule has 1 aromatic rings. The Hall–Kier alpha value is -1.78. The summed E-state index contributed by atoms with van der Waals surface area (Å²) in [6, 6.07) is 1.70. The Morgan fingerprint density at radius 1 is 1.41 bits per heavy atom. The Morgan fingerprint density at radius 3 is 2.53 bits per heavy atom. The lowest BCUT2D eigenvalue weighted by molar-refractivity contribution is -0.146. The molecule has 0 fully saturated rings. The highest BCUT2D eigenvalue weighted by molar-refractivity contribution is 5.74. The molecule has 94 valence electrons. The smallest absolute Gasteiger partial charge is 0.309 e. The number of nitrogens with zero attached hydrogens (tertiary/aromatic N) is 1. The van der Waals surface area contributed by atoms with Gasteiger partial charge in [0.05, 0.1) is 25.8 Å². The topological polar surface area (TPSA) is 68.7 Å². The van der Waals surface area contributed by atoms with Crippen LogP contribution in [0.5, 0.6) is 11.6 Å². The molecule has 0 aliphatic carbocycles. The summed E-state index contributed by atoms with van der Waals surface area (Å²) < 4.78 is 10.2. The molecule has 0 amide bonds. The second kappa shape index (κ2) is 5.03. The van der Waals surface area contributed by atoms with E-state index >= 15 is 0 Å². The zero-order chi connectivity index (χ0) is 13.1. The molecule has 5 nitrogen and oxygen atoms in total. The van der Waals surface area contributed by atoms with Crippen LogP contribution in [0.25, 0.3) is 0 Å². The van der Waals surface area contributed by atoms with Crippen LogP contribution >= 0.6 is 0 Å². The summed E-state index contributed by atoms with van der Waals surface area (Å²) in [5.41, 5.74) is -0.0913. The van der Waals surface area contributed by atoms with Crippen LogP contribution < -0.4 is 9.47 Å². The molecular formula is C12H17NO4.